The molecule has 0 nitrogen and oxygen atoms in total. The molecule has 0 saturated carbocycles. The van der Waals surface area contributed by atoms with Crippen molar-refractivity contribution in [2.45, 2.75) is 41.9 Å². The minimum atomic E-state index is -0.0414. The van der Waals surface area contributed by atoms with Crippen LogP contribution in [0.4, 0.5) is 0 Å². The third-order valence-electron chi connectivity index (χ3n) is 4.08. The molecule has 0 heterocycles. The summed E-state index contributed by atoms with van der Waals surface area (Å²) in [7, 11) is -0.0414. The summed E-state index contributed by atoms with van der Waals surface area (Å²) in [6.07, 6.45) is 1.09. The van der Waals surface area contributed by atoms with Crippen molar-refractivity contribution in [3.63, 3.8) is 0 Å². The molecular weight excluding hydrogens is 296 g/mol. The normalized spacial score (nSPS) is 11.0. The molecule has 3 aromatic rings. The van der Waals surface area contributed by atoms with Gasteiger partial charge in [0, 0.05) is 0 Å². The molecule has 23 heavy (non-hydrogen) atoms. The Kier molecular flexibility index (Phi) is 4.88. The number of hydrogen-bond donors (Lipinski definition) is 0. The van der Waals surface area contributed by atoms with E-state index in [1.165, 1.54) is 31.4 Å². The van der Waals surface area contributed by atoms with Crippen LogP contribution >= 0.6 is 0 Å². The van der Waals surface area contributed by atoms with Crippen molar-refractivity contribution < 1.29 is 0 Å². The molecule has 116 valence electrons. The molecule has 0 N–H and O–H groups in total. The average molecular weight is 319 g/mol. The maximum atomic E-state index is 2.29. The maximum absolute atomic E-state index is 2.29. The molecule has 3 aromatic carbocycles. The van der Waals surface area contributed by atoms with Gasteiger partial charge in [0.1, 0.15) is 0 Å². The lowest BCUT2D eigenvalue weighted by atomic mass is 10.2. The fraction of sp³-hybridized carbons (Fsp3) is 0.182. The van der Waals surface area contributed by atoms with Crippen molar-refractivity contribution in [3.8, 4) is 0 Å². The molecule has 0 aliphatic rings. The highest BCUT2D eigenvalue weighted by atomic mass is 32.2. The number of aryl methyl sites for hydroxylation is 3. The Morgan fingerprint density at radius 2 is 0.913 bits per heavy atom. The molecule has 0 aromatic heterocycles. The van der Waals surface area contributed by atoms with Crippen LogP contribution in [0.1, 0.15) is 23.6 Å². The molecule has 0 aliphatic carbocycles. The van der Waals surface area contributed by atoms with Gasteiger partial charge in [-0.05, 0) is 62.2 Å². The second-order valence-corrected chi connectivity index (χ2v) is 7.96. The van der Waals surface area contributed by atoms with E-state index < -0.39 is 0 Å². The van der Waals surface area contributed by atoms with Crippen molar-refractivity contribution in [1.29, 1.82) is 0 Å². The van der Waals surface area contributed by atoms with E-state index in [1.807, 2.05) is 0 Å². The third-order valence-corrected chi connectivity index (χ3v) is 6.31. The molecule has 0 amide bonds. The van der Waals surface area contributed by atoms with Gasteiger partial charge in [0.15, 0.2) is 14.7 Å². The zero-order chi connectivity index (χ0) is 16.2. The van der Waals surface area contributed by atoms with E-state index in [2.05, 4.69) is 93.6 Å². The fourth-order valence-electron chi connectivity index (χ4n) is 2.62. The van der Waals surface area contributed by atoms with Gasteiger partial charge < -0.3 is 0 Å². The van der Waals surface area contributed by atoms with Crippen LogP contribution in [0.3, 0.4) is 0 Å². The molecule has 3 rings (SSSR count). The molecule has 1 heteroatoms. The van der Waals surface area contributed by atoms with Crippen LogP contribution in [0.25, 0.3) is 0 Å². The van der Waals surface area contributed by atoms with Gasteiger partial charge in [0.2, 0.25) is 0 Å². The highest BCUT2D eigenvalue weighted by molar-refractivity contribution is 7.97. The van der Waals surface area contributed by atoms with Gasteiger partial charge in [0.25, 0.3) is 0 Å². The van der Waals surface area contributed by atoms with Gasteiger partial charge in [-0.25, -0.2) is 0 Å². The lowest BCUT2D eigenvalue weighted by Gasteiger charge is -2.09. The van der Waals surface area contributed by atoms with Gasteiger partial charge in [-0.2, -0.15) is 0 Å². The van der Waals surface area contributed by atoms with Crippen LogP contribution in [0, 0.1) is 13.8 Å². The minimum absolute atomic E-state index is 0.0414. The molecule has 0 fully saturated rings. The summed E-state index contributed by atoms with van der Waals surface area (Å²) in [5.74, 6) is 0. The van der Waals surface area contributed by atoms with E-state index in [0.717, 1.165) is 6.42 Å². The molecule has 0 radical (unpaired) electrons. The summed E-state index contributed by atoms with van der Waals surface area (Å²) in [6.45, 7) is 6.49. The minimum Gasteiger partial charge on any atom is -0.0613 e. The fourth-order valence-corrected chi connectivity index (χ4v) is 4.66. The molecular formula is C22H23S+. The van der Waals surface area contributed by atoms with Crippen molar-refractivity contribution in [3.05, 3.63) is 89.5 Å². The highest BCUT2D eigenvalue weighted by Crippen LogP contribution is 2.31. The van der Waals surface area contributed by atoms with Crippen LogP contribution in [0.5, 0.6) is 0 Å². The zero-order valence-corrected chi connectivity index (χ0v) is 14.9. The number of rotatable bonds is 4. The van der Waals surface area contributed by atoms with Crippen molar-refractivity contribution in [2.75, 3.05) is 0 Å². The smallest absolute Gasteiger partial charge is 0.0613 e. The first kappa shape index (κ1) is 15.9. The highest BCUT2D eigenvalue weighted by Gasteiger charge is 2.28. The van der Waals surface area contributed by atoms with E-state index in [1.54, 1.807) is 0 Å². The summed E-state index contributed by atoms with van der Waals surface area (Å²) in [6, 6.07) is 27.0. The standard InChI is InChI=1S/C22H23S/c1-4-19-9-15-22(16-10-19)23(20-11-5-17(2)6-12-20)21-13-7-18(3)8-14-21/h5-16H,4H2,1-3H3/q+1. The Balaban J connectivity index is 2.08. The van der Waals surface area contributed by atoms with Gasteiger partial charge in [-0.15, -0.1) is 0 Å². The maximum Gasteiger partial charge on any atom is 0.166 e. The lowest BCUT2D eigenvalue weighted by Crippen LogP contribution is -2.05. The zero-order valence-electron chi connectivity index (χ0n) is 14.0. The van der Waals surface area contributed by atoms with Gasteiger partial charge >= 0.3 is 0 Å². The quantitative estimate of drug-likeness (QED) is 0.520. The Labute approximate surface area is 142 Å². The van der Waals surface area contributed by atoms with E-state index >= 15 is 0 Å². The summed E-state index contributed by atoms with van der Waals surface area (Å²) < 4.78 is 0. The number of hydrogen-bond acceptors (Lipinski definition) is 0. The van der Waals surface area contributed by atoms with Crippen LogP contribution in [-0.4, -0.2) is 0 Å². The average Bonchev–Trinajstić information content (AvgIpc) is 2.59. The molecule has 0 aliphatic heterocycles. The van der Waals surface area contributed by atoms with Gasteiger partial charge in [0.05, 0.1) is 10.9 Å². The summed E-state index contributed by atoms with van der Waals surface area (Å²) in [5.41, 5.74) is 4.01. The van der Waals surface area contributed by atoms with E-state index in [4.69, 9.17) is 0 Å². The van der Waals surface area contributed by atoms with Crippen molar-refractivity contribution in [2.24, 2.45) is 0 Å². The van der Waals surface area contributed by atoms with Crippen LogP contribution < -0.4 is 0 Å². The second kappa shape index (κ2) is 7.06. The number of benzene rings is 3. The first-order valence-corrected chi connectivity index (χ1v) is 9.36. The van der Waals surface area contributed by atoms with Crippen molar-refractivity contribution >= 4 is 10.9 Å². The van der Waals surface area contributed by atoms with E-state index in [0.29, 0.717) is 0 Å². The largest absolute Gasteiger partial charge is 0.166 e. The Bertz CT molecular complexity index is 707. The van der Waals surface area contributed by atoms with Gasteiger partial charge in [-0.3, -0.25) is 0 Å². The SMILES string of the molecule is CCc1ccc([S+](c2ccc(C)cc2)c2ccc(C)cc2)cc1. The third kappa shape index (κ3) is 3.68. The topological polar surface area (TPSA) is 0 Å². The molecule has 0 atom stereocenters. The second-order valence-electron chi connectivity index (χ2n) is 5.93. The predicted molar refractivity (Wildman–Crippen MR) is 100 cm³/mol. The van der Waals surface area contributed by atoms with Gasteiger partial charge in [-0.1, -0.05) is 54.4 Å². The van der Waals surface area contributed by atoms with Crippen LogP contribution in [0.2, 0.25) is 0 Å². The lowest BCUT2D eigenvalue weighted by molar-refractivity contribution is 1.13. The molecule has 0 saturated heterocycles. The first-order chi connectivity index (χ1) is 11.2. The Morgan fingerprint density at radius 3 is 1.26 bits per heavy atom. The molecule has 0 unspecified atom stereocenters. The van der Waals surface area contributed by atoms with Crippen molar-refractivity contribution in [1.82, 2.24) is 0 Å². The molecule has 0 bridgehead atoms. The van der Waals surface area contributed by atoms with Crippen LogP contribution in [0.15, 0.2) is 87.5 Å². The monoisotopic (exact) mass is 319 g/mol. The Hall–Kier alpha value is -1.99. The summed E-state index contributed by atoms with van der Waals surface area (Å²) in [4.78, 5) is 4.14. The summed E-state index contributed by atoms with van der Waals surface area (Å²) in [5, 5.41) is 0. The summed E-state index contributed by atoms with van der Waals surface area (Å²) >= 11 is 0. The first-order valence-electron chi connectivity index (χ1n) is 8.14. The van der Waals surface area contributed by atoms with Crippen LogP contribution in [-0.2, 0) is 17.3 Å². The molecule has 0 spiro atoms. The Morgan fingerprint density at radius 1 is 0.565 bits per heavy atom. The van der Waals surface area contributed by atoms with E-state index in [9.17, 15) is 0 Å². The predicted octanol–water partition coefficient (Wildman–Crippen LogP) is 5.96. The van der Waals surface area contributed by atoms with E-state index in [-0.39, 0.29) is 10.9 Å².